The predicted octanol–water partition coefficient (Wildman–Crippen LogP) is 12.2. The molecule has 6 aliphatic rings. The number of allylic oxidation sites excluding steroid dienone is 4. The molecule has 5 saturated carbocycles. The lowest BCUT2D eigenvalue weighted by molar-refractivity contribution is 0.504. The van der Waals surface area contributed by atoms with Gasteiger partial charge in [0.25, 0.3) is 0 Å². The Morgan fingerprint density at radius 2 is 1.21 bits per heavy atom. The molecule has 6 unspecified atom stereocenters. The maximum absolute atomic E-state index is 2.67. The first-order valence-electron chi connectivity index (χ1n) is 15.8. The van der Waals surface area contributed by atoms with Gasteiger partial charge in [-0.2, -0.15) is 0 Å². The number of hydrogen-bond donors (Lipinski definition) is 0. The third kappa shape index (κ3) is 11.9. The largest absolute Gasteiger partial charge is 0.0767 e. The molecule has 0 nitrogen and oxygen atoms in total. The monoisotopic (exact) mass is 475 g/mol. The summed E-state index contributed by atoms with van der Waals surface area (Å²) in [5, 5.41) is 0. The van der Waals surface area contributed by atoms with E-state index in [1.165, 1.54) is 83.5 Å². The second-order valence-corrected chi connectivity index (χ2v) is 11.6. The Balaban J connectivity index is 0.000000456. The van der Waals surface area contributed by atoms with E-state index in [2.05, 4.69) is 74.5 Å². The Bertz CT molecular complexity index is 534. The van der Waals surface area contributed by atoms with Crippen molar-refractivity contribution in [2.45, 2.75) is 160 Å². The van der Waals surface area contributed by atoms with Crippen molar-refractivity contribution in [3.63, 3.8) is 0 Å². The average molecular weight is 475 g/mol. The van der Waals surface area contributed by atoms with Gasteiger partial charge in [0.2, 0.25) is 0 Å². The normalized spacial score (nSPS) is 33.3. The van der Waals surface area contributed by atoms with Gasteiger partial charge >= 0.3 is 0 Å². The van der Waals surface area contributed by atoms with Crippen molar-refractivity contribution in [3.8, 4) is 0 Å². The first-order chi connectivity index (χ1) is 16.4. The molecule has 5 fully saturated rings. The van der Waals surface area contributed by atoms with E-state index in [0.29, 0.717) is 5.41 Å². The summed E-state index contributed by atoms with van der Waals surface area (Å²) in [5.41, 5.74) is 4.17. The molecule has 34 heavy (non-hydrogen) atoms. The van der Waals surface area contributed by atoms with E-state index in [-0.39, 0.29) is 0 Å². The Morgan fingerprint density at radius 3 is 1.56 bits per heavy atom. The van der Waals surface area contributed by atoms with Gasteiger partial charge in [0.05, 0.1) is 0 Å². The van der Waals surface area contributed by atoms with Gasteiger partial charge in [-0.3, -0.25) is 0 Å². The third-order valence-corrected chi connectivity index (χ3v) is 7.67. The zero-order valence-corrected chi connectivity index (χ0v) is 25.7. The van der Waals surface area contributed by atoms with Crippen LogP contribution in [0.5, 0.6) is 0 Å². The van der Waals surface area contributed by atoms with Crippen LogP contribution in [-0.4, -0.2) is 0 Å². The van der Waals surface area contributed by atoms with Crippen molar-refractivity contribution in [2.75, 3.05) is 0 Å². The molecule has 0 saturated heterocycles. The molecular weight excluding hydrogens is 408 g/mol. The second kappa shape index (κ2) is 18.7. The van der Waals surface area contributed by atoms with E-state index >= 15 is 0 Å². The minimum atomic E-state index is 0.639. The first-order valence-corrected chi connectivity index (χ1v) is 15.8. The van der Waals surface area contributed by atoms with Gasteiger partial charge in [-0.1, -0.05) is 133 Å². The molecule has 0 bridgehead atoms. The predicted molar refractivity (Wildman–Crippen MR) is 158 cm³/mol. The van der Waals surface area contributed by atoms with Crippen LogP contribution in [0.25, 0.3) is 0 Å². The smallest absolute Gasteiger partial charge is 0.00458 e. The van der Waals surface area contributed by atoms with Crippen LogP contribution in [0.15, 0.2) is 23.3 Å². The maximum Gasteiger partial charge on any atom is -0.00458 e. The van der Waals surface area contributed by atoms with Crippen LogP contribution in [-0.2, 0) is 0 Å². The van der Waals surface area contributed by atoms with E-state index < -0.39 is 0 Å². The van der Waals surface area contributed by atoms with Gasteiger partial charge in [0.15, 0.2) is 0 Å². The topological polar surface area (TPSA) is 0 Å². The van der Waals surface area contributed by atoms with E-state index in [0.717, 1.165) is 29.6 Å². The SMILES string of the molecule is C1CCC1.CC.CC1CC1C.CCC.CCC.CCC.CCC12C=C3CCC4CC4C3=CC1C2. The van der Waals surface area contributed by atoms with E-state index in [4.69, 9.17) is 0 Å². The molecular formula is C34H66. The third-order valence-electron chi connectivity index (χ3n) is 7.67. The molecule has 0 heteroatoms. The molecule has 0 aromatic heterocycles. The summed E-state index contributed by atoms with van der Waals surface area (Å²) in [6, 6.07) is 0. The summed E-state index contributed by atoms with van der Waals surface area (Å²) < 4.78 is 0. The fourth-order valence-corrected chi connectivity index (χ4v) is 4.63. The quantitative estimate of drug-likeness (QED) is 0.354. The highest BCUT2D eigenvalue weighted by atomic mass is 14.6. The molecule has 202 valence electrons. The van der Waals surface area contributed by atoms with Crippen molar-refractivity contribution < 1.29 is 0 Å². The molecule has 0 aliphatic heterocycles. The van der Waals surface area contributed by atoms with Crippen LogP contribution >= 0.6 is 0 Å². The summed E-state index contributed by atoms with van der Waals surface area (Å²) in [6.07, 6.45) is 23.7. The van der Waals surface area contributed by atoms with Crippen LogP contribution in [0.2, 0.25) is 0 Å². The van der Waals surface area contributed by atoms with E-state index in [9.17, 15) is 0 Å². The summed E-state index contributed by atoms with van der Waals surface area (Å²) in [4.78, 5) is 0. The Morgan fingerprint density at radius 1 is 0.765 bits per heavy atom. The fraction of sp³-hybridized carbons (Fsp3) is 0.882. The van der Waals surface area contributed by atoms with Gasteiger partial charge < -0.3 is 0 Å². The number of hydrogen-bond acceptors (Lipinski definition) is 0. The van der Waals surface area contributed by atoms with Gasteiger partial charge in [-0.25, -0.2) is 0 Å². The van der Waals surface area contributed by atoms with Gasteiger partial charge in [-0.05, 0) is 84.7 Å². The zero-order valence-electron chi connectivity index (χ0n) is 25.7. The van der Waals surface area contributed by atoms with Crippen LogP contribution in [0.3, 0.4) is 0 Å². The van der Waals surface area contributed by atoms with Crippen LogP contribution in [0.4, 0.5) is 0 Å². The van der Waals surface area contributed by atoms with Crippen molar-refractivity contribution in [1.82, 2.24) is 0 Å². The van der Waals surface area contributed by atoms with Crippen LogP contribution in [0.1, 0.15) is 160 Å². The molecule has 0 spiro atoms. The van der Waals surface area contributed by atoms with Crippen molar-refractivity contribution in [3.05, 3.63) is 23.3 Å². The molecule has 0 N–H and O–H groups in total. The van der Waals surface area contributed by atoms with Gasteiger partial charge in [-0.15, -0.1) is 0 Å². The number of fused-ring (bicyclic) bond motifs is 4. The Hall–Kier alpha value is -0.520. The highest BCUT2D eigenvalue weighted by Gasteiger charge is 2.55. The lowest BCUT2D eigenvalue weighted by Gasteiger charge is -2.24. The lowest BCUT2D eigenvalue weighted by Crippen LogP contribution is -2.11. The molecule has 0 radical (unpaired) electrons. The van der Waals surface area contributed by atoms with E-state index in [1.54, 1.807) is 11.1 Å². The second-order valence-electron chi connectivity index (χ2n) is 11.6. The van der Waals surface area contributed by atoms with E-state index in [1.807, 2.05) is 13.8 Å². The molecule has 0 aromatic carbocycles. The summed E-state index contributed by atoms with van der Waals surface area (Å²) >= 11 is 0. The Labute approximate surface area is 217 Å². The van der Waals surface area contributed by atoms with Crippen LogP contribution in [0, 0.1) is 35.0 Å². The minimum absolute atomic E-state index is 0.639. The molecule has 0 amide bonds. The van der Waals surface area contributed by atoms with Gasteiger partial charge in [0.1, 0.15) is 0 Å². The summed E-state index contributed by atoms with van der Waals surface area (Å²) in [7, 11) is 0. The molecule has 6 atom stereocenters. The zero-order chi connectivity index (χ0) is 26.1. The molecule has 6 aliphatic carbocycles. The highest BCUT2D eigenvalue weighted by Crippen LogP contribution is 2.65. The fourth-order valence-electron chi connectivity index (χ4n) is 4.63. The van der Waals surface area contributed by atoms with Gasteiger partial charge in [0, 0.05) is 0 Å². The Kier molecular flexibility index (Phi) is 18.4. The molecule has 0 heterocycles. The minimum Gasteiger partial charge on any atom is -0.0767 e. The molecule has 0 aromatic rings. The maximum atomic E-state index is 2.67. The summed E-state index contributed by atoms with van der Waals surface area (Å²) in [5.74, 6) is 5.13. The van der Waals surface area contributed by atoms with Crippen molar-refractivity contribution >= 4 is 0 Å². The summed E-state index contributed by atoms with van der Waals surface area (Å²) in [6.45, 7) is 23.7. The van der Waals surface area contributed by atoms with Crippen LogP contribution < -0.4 is 0 Å². The van der Waals surface area contributed by atoms with Crippen molar-refractivity contribution in [2.24, 2.45) is 35.0 Å². The first kappa shape index (κ1) is 33.5. The highest BCUT2D eigenvalue weighted by molar-refractivity contribution is 5.47. The molecule has 6 rings (SSSR count). The lowest BCUT2D eigenvalue weighted by atomic mass is 9.81. The average Bonchev–Trinajstić information content (AvgIpc) is 3.69. The number of rotatable bonds is 1. The standard InChI is InChI=1S/C14H18.C5H10.C4H8.3C3H8.C2H6/c1-2-14-7-10-4-3-9-5-12(9)13(10)6-11(14)8-14;1-4-3-5(4)2;1-2-4-3-1;3*1-3-2;1-2/h6-7,9,11-12H,2-5,8H2,1H3;4-5H,3H2,1-2H3;1-4H2;3*3H2,1-2H3;1-2H3. The van der Waals surface area contributed by atoms with Crippen molar-refractivity contribution in [1.29, 1.82) is 0 Å².